The van der Waals surface area contributed by atoms with Crippen LogP contribution >= 0.6 is 23.2 Å². The Morgan fingerprint density at radius 2 is 2.00 bits per heavy atom. The largest absolute Gasteiger partial charge is 0.395 e. The summed E-state index contributed by atoms with van der Waals surface area (Å²) in [4.78, 5) is 17.3. The van der Waals surface area contributed by atoms with Crippen LogP contribution in [0.4, 0.5) is 0 Å². The Morgan fingerprint density at radius 3 is 2.70 bits per heavy atom. The van der Waals surface area contributed by atoms with Gasteiger partial charge in [-0.2, -0.15) is 0 Å². The Morgan fingerprint density at radius 1 is 1.23 bits per heavy atom. The molecule has 3 rings (SSSR count). The number of halogens is 2. The van der Waals surface area contributed by atoms with Gasteiger partial charge in [-0.3, -0.25) is 9.69 Å². The van der Waals surface area contributed by atoms with E-state index in [-0.39, 0.29) is 25.0 Å². The van der Waals surface area contributed by atoms with Gasteiger partial charge in [-0.15, -0.1) is 0 Å². The van der Waals surface area contributed by atoms with Gasteiger partial charge in [0.05, 0.1) is 29.1 Å². The Kier molecular flexibility index (Phi) is 8.54. The molecule has 0 aromatic heterocycles. The average Bonchev–Trinajstić information content (AvgIpc) is 3.20. The van der Waals surface area contributed by atoms with E-state index in [1.807, 2.05) is 36.2 Å². The van der Waals surface area contributed by atoms with Crippen LogP contribution in [0.25, 0.3) is 0 Å². The normalized spacial score (nSPS) is 17.8. The number of likely N-dealkylation sites (N-methyl/N-ethyl adjacent to an activating group) is 1. The third-order valence-electron chi connectivity index (χ3n) is 5.63. The first-order valence-electron chi connectivity index (χ1n) is 10.3. The molecular weight excluding hydrogens is 421 g/mol. The van der Waals surface area contributed by atoms with Gasteiger partial charge in [0.2, 0.25) is 5.91 Å². The lowest BCUT2D eigenvalue weighted by atomic mass is 10.0. The SMILES string of the molecule is CN(C(=O)Cc1ccc(Cl)c(Cl)c1)[C@H](CN1CC[C@H](NCCO)C1)c1ccccc1. The molecule has 1 fully saturated rings. The van der Waals surface area contributed by atoms with E-state index in [9.17, 15) is 4.79 Å². The zero-order valence-electron chi connectivity index (χ0n) is 17.2. The van der Waals surface area contributed by atoms with Gasteiger partial charge in [0.25, 0.3) is 0 Å². The number of aliphatic hydroxyl groups excluding tert-OH is 1. The number of hydrogen-bond donors (Lipinski definition) is 2. The van der Waals surface area contributed by atoms with Crippen LogP contribution in [-0.2, 0) is 11.2 Å². The van der Waals surface area contributed by atoms with Gasteiger partial charge in [0.15, 0.2) is 0 Å². The number of likely N-dealkylation sites (tertiary alicyclic amines) is 1. The lowest BCUT2D eigenvalue weighted by Crippen LogP contribution is -2.40. The number of carbonyl (C=O) groups is 1. The van der Waals surface area contributed by atoms with E-state index in [4.69, 9.17) is 28.3 Å². The molecule has 5 nitrogen and oxygen atoms in total. The van der Waals surface area contributed by atoms with Crippen molar-refractivity contribution in [2.45, 2.75) is 24.9 Å². The molecule has 7 heteroatoms. The van der Waals surface area contributed by atoms with Crippen LogP contribution in [0.3, 0.4) is 0 Å². The first-order valence-corrected chi connectivity index (χ1v) is 11.0. The van der Waals surface area contributed by atoms with Crippen LogP contribution in [-0.4, -0.2) is 66.7 Å². The Balaban J connectivity index is 1.70. The van der Waals surface area contributed by atoms with E-state index in [1.165, 1.54) is 0 Å². The molecule has 1 aliphatic rings. The van der Waals surface area contributed by atoms with Gasteiger partial charge in [0, 0.05) is 32.7 Å². The molecule has 1 aliphatic heterocycles. The van der Waals surface area contributed by atoms with E-state index in [1.54, 1.807) is 12.1 Å². The van der Waals surface area contributed by atoms with Crippen LogP contribution in [0.1, 0.15) is 23.6 Å². The first-order chi connectivity index (χ1) is 14.5. The highest BCUT2D eigenvalue weighted by molar-refractivity contribution is 6.42. The minimum Gasteiger partial charge on any atom is -0.395 e. The second-order valence-corrected chi connectivity index (χ2v) is 8.59. The van der Waals surface area contributed by atoms with Gasteiger partial charge in [-0.1, -0.05) is 59.6 Å². The fraction of sp³-hybridized carbons (Fsp3) is 0.435. The summed E-state index contributed by atoms with van der Waals surface area (Å²) < 4.78 is 0. The Bertz CT molecular complexity index is 834. The number of rotatable bonds is 9. The number of nitrogens with one attached hydrogen (secondary N) is 1. The second kappa shape index (κ2) is 11.1. The van der Waals surface area contributed by atoms with Crippen molar-refractivity contribution in [2.75, 3.05) is 39.8 Å². The molecule has 0 radical (unpaired) electrons. The summed E-state index contributed by atoms with van der Waals surface area (Å²) in [7, 11) is 1.87. The third-order valence-corrected chi connectivity index (χ3v) is 6.37. The minimum absolute atomic E-state index is 0.0383. The van der Waals surface area contributed by atoms with Crippen LogP contribution in [0, 0.1) is 0 Å². The van der Waals surface area contributed by atoms with Crippen molar-refractivity contribution in [3.8, 4) is 0 Å². The molecule has 1 saturated heterocycles. The van der Waals surface area contributed by atoms with Crippen LogP contribution in [0.5, 0.6) is 0 Å². The molecule has 2 N–H and O–H groups in total. The lowest BCUT2D eigenvalue weighted by molar-refractivity contribution is -0.131. The van der Waals surface area contributed by atoms with Crippen molar-refractivity contribution in [3.63, 3.8) is 0 Å². The summed E-state index contributed by atoms with van der Waals surface area (Å²) in [6.07, 6.45) is 1.32. The molecule has 0 spiro atoms. The second-order valence-electron chi connectivity index (χ2n) is 7.78. The fourth-order valence-electron chi connectivity index (χ4n) is 3.93. The van der Waals surface area contributed by atoms with E-state index in [0.717, 1.165) is 37.2 Å². The van der Waals surface area contributed by atoms with Gasteiger partial charge >= 0.3 is 0 Å². The predicted molar refractivity (Wildman–Crippen MR) is 122 cm³/mol. The Labute approximate surface area is 188 Å². The number of carbonyl (C=O) groups excluding carboxylic acids is 1. The van der Waals surface area contributed by atoms with Crippen LogP contribution in [0.15, 0.2) is 48.5 Å². The van der Waals surface area contributed by atoms with Crippen LogP contribution < -0.4 is 5.32 Å². The number of nitrogens with zero attached hydrogens (tertiary/aromatic N) is 2. The van der Waals surface area contributed by atoms with Gasteiger partial charge in [-0.25, -0.2) is 0 Å². The minimum atomic E-state index is -0.0435. The number of aliphatic hydroxyl groups is 1. The van der Waals surface area contributed by atoms with Crippen molar-refractivity contribution < 1.29 is 9.90 Å². The molecule has 0 saturated carbocycles. The summed E-state index contributed by atoms with van der Waals surface area (Å²) in [6.45, 7) is 3.42. The van der Waals surface area contributed by atoms with Crippen molar-refractivity contribution in [1.29, 1.82) is 0 Å². The van der Waals surface area contributed by atoms with Crippen molar-refractivity contribution in [1.82, 2.24) is 15.1 Å². The Hall–Kier alpha value is -1.63. The highest BCUT2D eigenvalue weighted by Gasteiger charge is 2.28. The monoisotopic (exact) mass is 449 g/mol. The smallest absolute Gasteiger partial charge is 0.227 e. The highest BCUT2D eigenvalue weighted by atomic mass is 35.5. The maximum absolute atomic E-state index is 13.1. The van der Waals surface area contributed by atoms with E-state index in [2.05, 4.69) is 22.3 Å². The van der Waals surface area contributed by atoms with Crippen molar-refractivity contribution >= 4 is 29.1 Å². The number of amides is 1. The molecule has 162 valence electrons. The first kappa shape index (κ1) is 23.0. The molecule has 2 atom stereocenters. The van der Waals surface area contributed by atoms with Gasteiger partial charge < -0.3 is 15.3 Å². The summed E-state index contributed by atoms with van der Waals surface area (Å²) in [5, 5.41) is 13.4. The molecule has 1 heterocycles. The van der Waals surface area contributed by atoms with Crippen molar-refractivity contribution in [2.24, 2.45) is 0 Å². The maximum atomic E-state index is 13.1. The standard InChI is InChI=1S/C23H29Cl2N3O2/c1-27(23(30)14-17-7-8-20(24)21(25)13-17)22(18-5-3-2-4-6-18)16-28-11-9-19(15-28)26-10-12-29/h2-8,13,19,22,26,29H,9-12,14-16H2,1H3/t19-,22+/m0/s1. The van der Waals surface area contributed by atoms with E-state index in [0.29, 0.717) is 22.6 Å². The summed E-state index contributed by atoms with van der Waals surface area (Å²) in [5.41, 5.74) is 1.97. The number of benzene rings is 2. The van der Waals surface area contributed by atoms with Gasteiger partial charge in [0.1, 0.15) is 0 Å². The van der Waals surface area contributed by atoms with Gasteiger partial charge in [-0.05, 0) is 36.2 Å². The quantitative estimate of drug-likeness (QED) is 0.615. The fourth-order valence-corrected chi connectivity index (χ4v) is 4.25. The highest BCUT2D eigenvalue weighted by Crippen LogP contribution is 2.26. The zero-order valence-corrected chi connectivity index (χ0v) is 18.7. The summed E-state index contributed by atoms with van der Waals surface area (Å²) in [6, 6.07) is 15.8. The molecular formula is C23H29Cl2N3O2. The molecule has 0 unspecified atom stereocenters. The summed E-state index contributed by atoms with van der Waals surface area (Å²) >= 11 is 12.1. The molecule has 0 bridgehead atoms. The molecule has 1 amide bonds. The topological polar surface area (TPSA) is 55.8 Å². The molecule has 30 heavy (non-hydrogen) atoms. The van der Waals surface area contributed by atoms with Crippen molar-refractivity contribution in [3.05, 3.63) is 69.7 Å². The molecule has 0 aliphatic carbocycles. The average molecular weight is 450 g/mol. The zero-order chi connectivity index (χ0) is 21.5. The summed E-state index contributed by atoms with van der Waals surface area (Å²) in [5.74, 6) is 0.0383. The van der Waals surface area contributed by atoms with E-state index < -0.39 is 0 Å². The predicted octanol–water partition coefficient (Wildman–Crippen LogP) is 3.39. The number of hydrogen-bond acceptors (Lipinski definition) is 4. The third kappa shape index (κ3) is 6.19. The molecule has 2 aromatic rings. The molecule has 2 aromatic carbocycles. The van der Waals surface area contributed by atoms with E-state index >= 15 is 0 Å². The lowest BCUT2D eigenvalue weighted by Gasteiger charge is -2.32. The maximum Gasteiger partial charge on any atom is 0.227 e. The van der Waals surface area contributed by atoms with Crippen LogP contribution in [0.2, 0.25) is 10.0 Å².